The normalized spacial score (nSPS) is 17.9. The van der Waals surface area contributed by atoms with Crippen molar-refractivity contribution in [2.24, 2.45) is 5.92 Å². The van der Waals surface area contributed by atoms with Crippen molar-refractivity contribution in [3.63, 3.8) is 0 Å². The van der Waals surface area contributed by atoms with Crippen LogP contribution in [0, 0.1) is 5.92 Å². The van der Waals surface area contributed by atoms with Gasteiger partial charge in [0.05, 0.1) is 5.41 Å². The van der Waals surface area contributed by atoms with E-state index in [0.717, 1.165) is 35.1 Å². The molecule has 0 fully saturated rings. The van der Waals surface area contributed by atoms with Crippen molar-refractivity contribution in [3.8, 4) is 39.1 Å². The summed E-state index contributed by atoms with van der Waals surface area (Å²) in [5.41, 5.74) is 19.3. The van der Waals surface area contributed by atoms with Crippen molar-refractivity contribution in [1.29, 1.82) is 0 Å². The van der Waals surface area contributed by atoms with Crippen molar-refractivity contribution < 1.29 is 9.15 Å². The van der Waals surface area contributed by atoms with Crippen LogP contribution in [0.1, 0.15) is 63.0 Å². The molecule has 11 aromatic rings. The molecule has 2 aliphatic carbocycles. The summed E-state index contributed by atoms with van der Waals surface area (Å²) in [6, 6.07) is 82.8. The van der Waals surface area contributed by atoms with Gasteiger partial charge in [0, 0.05) is 39.1 Å². The molecule has 0 N–H and O–H groups in total. The Kier molecular flexibility index (Phi) is 8.86. The van der Waals surface area contributed by atoms with E-state index in [1.165, 1.54) is 94.0 Å². The van der Waals surface area contributed by atoms with E-state index in [1.807, 2.05) is 0 Å². The molecule has 0 saturated carbocycles. The summed E-state index contributed by atoms with van der Waals surface area (Å²) in [6.45, 7) is 0. The molecule has 68 heavy (non-hydrogen) atoms. The van der Waals surface area contributed by atoms with Gasteiger partial charge < -0.3 is 9.15 Å². The van der Waals surface area contributed by atoms with Crippen LogP contribution in [0.4, 0.5) is 0 Å². The number of aryl methyl sites for hydroxylation is 1. The first kappa shape index (κ1) is 39.0. The SMILES string of the molecule is C1=CC2C(Oc3c(ccc4ccccc34)C23c2ccccc2-c2ccc(-c4ccc(CCC(c5cccc(-c6ccccc6)c5)c5cccc6oc7ccccc7c56)cc4)cc23)c2ccccc21. The molecule has 4 unspecified atom stereocenters. The maximum Gasteiger partial charge on any atom is 0.135 e. The Hall–Kier alpha value is -8.20. The molecule has 0 amide bonds. The zero-order valence-corrected chi connectivity index (χ0v) is 37.5. The van der Waals surface area contributed by atoms with Crippen molar-refractivity contribution in [3.05, 3.63) is 275 Å². The molecule has 0 radical (unpaired) electrons. The number of hydrogen-bond donors (Lipinski definition) is 0. The predicted molar refractivity (Wildman–Crippen MR) is 279 cm³/mol. The average molecular weight is 871 g/mol. The van der Waals surface area contributed by atoms with E-state index in [1.54, 1.807) is 0 Å². The number of benzene rings is 10. The van der Waals surface area contributed by atoms with Crippen LogP contribution in [-0.4, -0.2) is 0 Å². The fourth-order valence-corrected chi connectivity index (χ4v) is 12.4. The highest BCUT2D eigenvalue weighted by Gasteiger charge is 2.57. The van der Waals surface area contributed by atoms with Gasteiger partial charge in [0.15, 0.2) is 0 Å². The second-order valence-electron chi connectivity index (χ2n) is 18.9. The molecule has 0 bridgehead atoms. The summed E-state index contributed by atoms with van der Waals surface area (Å²) in [7, 11) is 0. The van der Waals surface area contributed by atoms with E-state index >= 15 is 0 Å². The standard InChI is InChI=1S/C66H46O2/c1-2-14-43(15-3-1)47-18-12-19-49(40-47)50(55-24-13-27-62-63(55)56-23-9-11-26-61(56)67-62)36-30-42-28-31-44(32-29-42)48-33-37-54-53-22-8-10-25-57(53)66(60(54)41-48)58-38-34-45-16-4-6-20-51(45)64(58)68-65-52-21-7-5-17-46(52)35-39-59(65)66/h1-29,31-35,37-41,50,58,64H,30,36H2. The van der Waals surface area contributed by atoms with Gasteiger partial charge in [-0.05, 0) is 103 Å². The molecule has 14 rings (SSSR count). The van der Waals surface area contributed by atoms with Gasteiger partial charge in [-0.2, -0.15) is 0 Å². The smallest absolute Gasteiger partial charge is 0.135 e. The van der Waals surface area contributed by atoms with Gasteiger partial charge in [-0.3, -0.25) is 0 Å². The Morgan fingerprint density at radius 3 is 2.12 bits per heavy atom. The lowest BCUT2D eigenvalue weighted by Gasteiger charge is -2.49. The summed E-state index contributed by atoms with van der Waals surface area (Å²) in [6.07, 6.45) is 6.50. The van der Waals surface area contributed by atoms with Crippen LogP contribution in [0.15, 0.2) is 235 Å². The quantitative estimate of drug-likeness (QED) is 0.159. The van der Waals surface area contributed by atoms with E-state index in [2.05, 4.69) is 237 Å². The Morgan fingerprint density at radius 2 is 1.19 bits per heavy atom. The molecule has 3 aliphatic rings. The van der Waals surface area contributed by atoms with Crippen LogP contribution in [0.25, 0.3) is 72.2 Å². The topological polar surface area (TPSA) is 22.4 Å². The van der Waals surface area contributed by atoms with E-state index < -0.39 is 5.41 Å². The average Bonchev–Trinajstić information content (AvgIpc) is 3.93. The third-order valence-electron chi connectivity index (χ3n) is 15.5. The van der Waals surface area contributed by atoms with Gasteiger partial charge in [0.1, 0.15) is 23.0 Å². The van der Waals surface area contributed by atoms with E-state index in [-0.39, 0.29) is 17.9 Å². The fourth-order valence-electron chi connectivity index (χ4n) is 12.4. The summed E-state index contributed by atoms with van der Waals surface area (Å²) in [4.78, 5) is 0. The lowest BCUT2D eigenvalue weighted by atomic mass is 9.58. The van der Waals surface area contributed by atoms with Gasteiger partial charge in [0.2, 0.25) is 0 Å². The Bertz CT molecular complexity index is 3800. The molecule has 2 nitrogen and oxygen atoms in total. The second-order valence-corrected chi connectivity index (χ2v) is 18.9. The molecule has 1 spiro atoms. The number of fused-ring (bicyclic) bond motifs is 16. The van der Waals surface area contributed by atoms with Gasteiger partial charge in [-0.15, -0.1) is 0 Å². The highest BCUT2D eigenvalue weighted by atomic mass is 16.5. The van der Waals surface area contributed by atoms with Crippen molar-refractivity contribution >= 4 is 38.8 Å². The van der Waals surface area contributed by atoms with Gasteiger partial charge in [-0.1, -0.05) is 218 Å². The summed E-state index contributed by atoms with van der Waals surface area (Å²) in [5, 5.41) is 4.74. The molecule has 1 aliphatic heterocycles. The minimum Gasteiger partial charge on any atom is -0.484 e. The zero-order chi connectivity index (χ0) is 44.8. The lowest BCUT2D eigenvalue weighted by Crippen LogP contribution is -2.45. The largest absolute Gasteiger partial charge is 0.484 e. The first-order valence-corrected chi connectivity index (χ1v) is 24.1. The van der Waals surface area contributed by atoms with Crippen molar-refractivity contribution in [1.82, 2.24) is 0 Å². The minimum atomic E-state index is -0.468. The predicted octanol–water partition coefficient (Wildman–Crippen LogP) is 16.9. The van der Waals surface area contributed by atoms with E-state index in [0.29, 0.717) is 0 Å². The first-order valence-electron chi connectivity index (χ1n) is 24.1. The van der Waals surface area contributed by atoms with Crippen LogP contribution in [0.2, 0.25) is 0 Å². The molecule has 2 heteroatoms. The number of para-hydroxylation sites is 1. The molecule has 0 saturated heterocycles. The van der Waals surface area contributed by atoms with Gasteiger partial charge in [0.25, 0.3) is 0 Å². The van der Waals surface area contributed by atoms with Gasteiger partial charge in [-0.25, -0.2) is 0 Å². The first-order chi connectivity index (χ1) is 33.7. The molecule has 10 aromatic carbocycles. The Morgan fingerprint density at radius 1 is 0.485 bits per heavy atom. The van der Waals surface area contributed by atoms with Crippen LogP contribution in [0.5, 0.6) is 5.75 Å². The van der Waals surface area contributed by atoms with Crippen molar-refractivity contribution in [2.45, 2.75) is 30.3 Å². The maximum atomic E-state index is 7.32. The highest BCUT2D eigenvalue weighted by Crippen LogP contribution is 2.65. The van der Waals surface area contributed by atoms with Crippen LogP contribution in [0.3, 0.4) is 0 Å². The van der Waals surface area contributed by atoms with E-state index in [9.17, 15) is 0 Å². The third kappa shape index (κ3) is 5.90. The van der Waals surface area contributed by atoms with Gasteiger partial charge >= 0.3 is 0 Å². The maximum absolute atomic E-state index is 7.32. The second kappa shape index (κ2) is 15.4. The number of rotatable bonds is 7. The van der Waals surface area contributed by atoms with Crippen LogP contribution >= 0.6 is 0 Å². The Labute approximate surface area is 396 Å². The van der Waals surface area contributed by atoms with E-state index in [4.69, 9.17) is 9.15 Å². The fraction of sp³-hybridized carbons (Fsp3) is 0.0909. The number of hydrogen-bond acceptors (Lipinski definition) is 2. The summed E-state index contributed by atoms with van der Waals surface area (Å²) >= 11 is 0. The Balaban J connectivity index is 0.858. The highest BCUT2D eigenvalue weighted by molar-refractivity contribution is 6.07. The third-order valence-corrected chi connectivity index (χ3v) is 15.5. The number of ether oxygens (including phenoxy) is 1. The molecule has 1 aromatic heterocycles. The summed E-state index contributed by atoms with van der Waals surface area (Å²) in [5.74, 6) is 1.19. The molecular weight excluding hydrogens is 825 g/mol. The number of furan rings is 1. The van der Waals surface area contributed by atoms with Crippen LogP contribution in [-0.2, 0) is 11.8 Å². The van der Waals surface area contributed by atoms with Crippen molar-refractivity contribution in [2.75, 3.05) is 0 Å². The van der Waals surface area contributed by atoms with Crippen LogP contribution < -0.4 is 4.74 Å². The molecule has 2 heterocycles. The zero-order valence-electron chi connectivity index (χ0n) is 37.5. The molecular formula is C66H46O2. The summed E-state index contributed by atoms with van der Waals surface area (Å²) < 4.78 is 13.8. The molecule has 322 valence electrons. The monoisotopic (exact) mass is 870 g/mol. The minimum absolute atomic E-state index is 0.0401. The molecule has 4 atom stereocenters. The lowest BCUT2D eigenvalue weighted by molar-refractivity contribution is 0.105.